The molecule has 6 nitrogen and oxygen atoms in total. The Bertz CT molecular complexity index is 311. The van der Waals surface area contributed by atoms with Crippen molar-refractivity contribution in [2.24, 2.45) is 5.92 Å². The molecular formula is C12H20N2O4. The van der Waals surface area contributed by atoms with Crippen LogP contribution in [0.1, 0.15) is 25.7 Å². The maximum atomic E-state index is 11.7. The second-order valence-electron chi connectivity index (χ2n) is 4.99. The summed E-state index contributed by atoms with van der Waals surface area (Å²) < 4.78 is 5.21. The maximum Gasteiger partial charge on any atom is 0.320 e. The van der Waals surface area contributed by atoms with Crippen LogP contribution in [-0.4, -0.2) is 48.8 Å². The van der Waals surface area contributed by atoms with Crippen LogP contribution in [0.25, 0.3) is 0 Å². The highest BCUT2D eigenvalue weighted by Crippen LogP contribution is 2.32. The van der Waals surface area contributed by atoms with E-state index < -0.39 is 12.0 Å². The van der Waals surface area contributed by atoms with Crippen molar-refractivity contribution in [3.8, 4) is 0 Å². The van der Waals surface area contributed by atoms with E-state index in [1.54, 1.807) is 0 Å². The van der Waals surface area contributed by atoms with Gasteiger partial charge >= 0.3 is 5.97 Å². The smallest absolute Gasteiger partial charge is 0.320 e. The van der Waals surface area contributed by atoms with Gasteiger partial charge in [-0.15, -0.1) is 0 Å². The Morgan fingerprint density at radius 2 is 1.89 bits per heavy atom. The molecule has 2 rings (SSSR count). The zero-order chi connectivity index (χ0) is 13.0. The van der Waals surface area contributed by atoms with Crippen LogP contribution >= 0.6 is 0 Å². The van der Waals surface area contributed by atoms with Gasteiger partial charge in [-0.25, -0.2) is 0 Å². The molecule has 1 amide bonds. The summed E-state index contributed by atoms with van der Waals surface area (Å²) in [5.41, 5.74) is 0. The minimum atomic E-state index is -0.864. The zero-order valence-corrected chi connectivity index (χ0v) is 10.4. The molecule has 1 aliphatic carbocycles. The average molecular weight is 256 g/mol. The van der Waals surface area contributed by atoms with Crippen LogP contribution < -0.4 is 10.6 Å². The van der Waals surface area contributed by atoms with Gasteiger partial charge in [0.1, 0.15) is 6.04 Å². The topological polar surface area (TPSA) is 87.7 Å². The van der Waals surface area contributed by atoms with Gasteiger partial charge in [0.05, 0.1) is 6.54 Å². The fourth-order valence-corrected chi connectivity index (χ4v) is 2.21. The largest absolute Gasteiger partial charge is 0.480 e. The highest BCUT2D eigenvalue weighted by Gasteiger charge is 2.36. The van der Waals surface area contributed by atoms with Crippen LogP contribution in [0.4, 0.5) is 0 Å². The number of hydrogen-bond acceptors (Lipinski definition) is 4. The van der Waals surface area contributed by atoms with Crippen molar-refractivity contribution >= 4 is 11.9 Å². The number of rotatable bonds is 6. The lowest BCUT2D eigenvalue weighted by Crippen LogP contribution is -2.47. The Kier molecular flexibility index (Phi) is 4.54. The first-order valence-corrected chi connectivity index (χ1v) is 6.50. The van der Waals surface area contributed by atoms with Crippen LogP contribution in [0.3, 0.4) is 0 Å². The molecule has 0 aromatic carbocycles. The van der Waals surface area contributed by atoms with Crippen molar-refractivity contribution in [3.63, 3.8) is 0 Å². The van der Waals surface area contributed by atoms with Gasteiger partial charge in [-0.3, -0.25) is 14.9 Å². The van der Waals surface area contributed by atoms with Gasteiger partial charge in [-0.05, 0) is 31.6 Å². The Morgan fingerprint density at radius 1 is 1.22 bits per heavy atom. The number of carbonyl (C=O) groups excluding carboxylic acids is 1. The molecule has 2 aliphatic rings. The van der Waals surface area contributed by atoms with Crippen LogP contribution in [0.15, 0.2) is 0 Å². The third-order valence-electron chi connectivity index (χ3n) is 3.43. The molecule has 1 heterocycles. The average Bonchev–Trinajstić information content (AvgIpc) is 3.14. The predicted molar refractivity (Wildman–Crippen MR) is 64.1 cm³/mol. The van der Waals surface area contributed by atoms with E-state index in [1.165, 1.54) is 0 Å². The van der Waals surface area contributed by atoms with Crippen molar-refractivity contribution in [1.29, 1.82) is 0 Å². The number of carbonyl (C=O) groups is 2. The standard InChI is InChI=1S/C12H20N2O4/c15-10(14-9-3-5-18-6-4-9)7-13-11(12(16)17)8-1-2-8/h8-9,11,13H,1-7H2,(H,14,15)(H,16,17). The molecule has 0 aromatic rings. The first-order valence-electron chi connectivity index (χ1n) is 6.50. The van der Waals surface area contributed by atoms with Gasteiger partial charge in [-0.2, -0.15) is 0 Å². The van der Waals surface area contributed by atoms with Crippen molar-refractivity contribution < 1.29 is 19.4 Å². The lowest BCUT2D eigenvalue weighted by molar-refractivity contribution is -0.140. The normalized spacial score (nSPS) is 22.4. The summed E-state index contributed by atoms with van der Waals surface area (Å²) in [4.78, 5) is 22.6. The molecule has 3 N–H and O–H groups in total. The molecule has 0 radical (unpaired) electrons. The van der Waals surface area contributed by atoms with Crippen LogP contribution in [0.2, 0.25) is 0 Å². The molecule has 1 saturated heterocycles. The number of amides is 1. The van der Waals surface area contributed by atoms with Crippen molar-refractivity contribution in [3.05, 3.63) is 0 Å². The maximum absolute atomic E-state index is 11.7. The van der Waals surface area contributed by atoms with E-state index >= 15 is 0 Å². The van der Waals surface area contributed by atoms with E-state index in [2.05, 4.69) is 10.6 Å². The van der Waals surface area contributed by atoms with Gasteiger partial charge in [0.2, 0.25) is 5.91 Å². The molecule has 2 fully saturated rings. The number of ether oxygens (including phenoxy) is 1. The van der Waals surface area contributed by atoms with Crippen LogP contribution in [0.5, 0.6) is 0 Å². The summed E-state index contributed by atoms with van der Waals surface area (Å²) in [6.45, 7) is 1.43. The van der Waals surface area contributed by atoms with Gasteiger partial charge in [0.25, 0.3) is 0 Å². The molecule has 6 heteroatoms. The minimum Gasteiger partial charge on any atom is -0.480 e. The molecule has 0 aromatic heterocycles. The minimum absolute atomic E-state index is 0.0742. The van der Waals surface area contributed by atoms with E-state index in [0.29, 0.717) is 13.2 Å². The van der Waals surface area contributed by atoms with E-state index in [4.69, 9.17) is 9.84 Å². The molecule has 102 valence electrons. The second-order valence-corrected chi connectivity index (χ2v) is 4.99. The quantitative estimate of drug-likeness (QED) is 0.609. The molecular weight excluding hydrogens is 236 g/mol. The Morgan fingerprint density at radius 3 is 2.44 bits per heavy atom. The predicted octanol–water partition coefficient (Wildman–Crippen LogP) is -0.266. The first-order chi connectivity index (χ1) is 8.66. The lowest BCUT2D eigenvalue weighted by Gasteiger charge is -2.23. The highest BCUT2D eigenvalue weighted by atomic mass is 16.5. The zero-order valence-electron chi connectivity index (χ0n) is 10.4. The fraction of sp³-hybridized carbons (Fsp3) is 0.833. The molecule has 1 atom stereocenters. The third-order valence-corrected chi connectivity index (χ3v) is 3.43. The molecule has 1 saturated carbocycles. The highest BCUT2D eigenvalue weighted by molar-refractivity contribution is 5.80. The summed E-state index contributed by atoms with van der Waals surface area (Å²) in [6.07, 6.45) is 3.53. The monoisotopic (exact) mass is 256 g/mol. The summed E-state index contributed by atoms with van der Waals surface area (Å²) >= 11 is 0. The van der Waals surface area contributed by atoms with Crippen molar-refractivity contribution in [2.75, 3.05) is 19.8 Å². The van der Waals surface area contributed by atoms with E-state index in [9.17, 15) is 9.59 Å². The van der Waals surface area contributed by atoms with Gasteiger partial charge in [0, 0.05) is 19.3 Å². The summed E-state index contributed by atoms with van der Waals surface area (Å²) in [6, 6.07) is -0.414. The van der Waals surface area contributed by atoms with E-state index in [0.717, 1.165) is 25.7 Å². The summed E-state index contributed by atoms with van der Waals surface area (Å²) in [5.74, 6) is -0.802. The SMILES string of the molecule is O=C(CNC(C(=O)O)C1CC1)NC1CCOCC1. The van der Waals surface area contributed by atoms with Gasteiger partial charge < -0.3 is 15.2 Å². The van der Waals surface area contributed by atoms with Crippen LogP contribution in [-0.2, 0) is 14.3 Å². The molecule has 1 aliphatic heterocycles. The van der Waals surface area contributed by atoms with E-state index in [1.807, 2.05) is 0 Å². The Labute approximate surface area is 106 Å². The number of aliphatic carboxylic acids is 1. The number of carboxylic acids is 1. The number of nitrogens with one attached hydrogen (secondary N) is 2. The Hall–Kier alpha value is -1.14. The summed E-state index contributed by atoms with van der Waals surface area (Å²) in [5, 5.41) is 14.7. The number of carboxylic acid groups (broad SMARTS) is 1. The number of hydrogen-bond donors (Lipinski definition) is 3. The molecule has 0 bridgehead atoms. The fourth-order valence-electron chi connectivity index (χ4n) is 2.21. The molecule has 0 spiro atoms. The lowest BCUT2D eigenvalue weighted by atomic mass is 10.1. The van der Waals surface area contributed by atoms with Gasteiger partial charge in [-0.1, -0.05) is 0 Å². The second kappa shape index (κ2) is 6.15. The third kappa shape index (κ3) is 3.96. The molecule has 18 heavy (non-hydrogen) atoms. The molecule has 1 unspecified atom stereocenters. The van der Waals surface area contributed by atoms with Crippen molar-refractivity contribution in [1.82, 2.24) is 10.6 Å². The first kappa shape index (κ1) is 13.3. The van der Waals surface area contributed by atoms with Crippen molar-refractivity contribution in [2.45, 2.75) is 37.8 Å². The Balaban J connectivity index is 1.68. The van der Waals surface area contributed by atoms with Crippen LogP contribution in [0, 0.1) is 5.92 Å². The van der Waals surface area contributed by atoms with Gasteiger partial charge in [0.15, 0.2) is 0 Å². The van der Waals surface area contributed by atoms with E-state index in [-0.39, 0.29) is 24.4 Å². The summed E-state index contributed by atoms with van der Waals surface area (Å²) in [7, 11) is 0.